The molecule has 1 unspecified atom stereocenters. The predicted octanol–water partition coefficient (Wildman–Crippen LogP) is 6.51. The molecule has 1 nitrogen and oxygen atoms in total. The second-order valence-corrected chi connectivity index (χ2v) is 10.8. The lowest BCUT2D eigenvalue weighted by molar-refractivity contribution is -0.0878. The molecule has 0 aromatic heterocycles. The van der Waals surface area contributed by atoms with Crippen LogP contribution >= 0.6 is 23.4 Å². The third kappa shape index (κ3) is 2.93. The summed E-state index contributed by atoms with van der Waals surface area (Å²) in [7, 11) is 0. The minimum absolute atomic E-state index is 0.432. The van der Waals surface area contributed by atoms with Crippen LogP contribution in [0.15, 0.2) is 11.6 Å². The van der Waals surface area contributed by atoms with E-state index >= 15 is 0 Å². The Hall–Kier alpha value is 0.340. The van der Waals surface area contributed by atoms with Gasteiger partial charge in [0.1, 0.15) is 0 Å². The van der Waals surface area contributed by atoms with Crippen molar-refractivity contribution >= 4 is 23.4 Å². The second kappa shape index (κ2) is 7.06. The molecule has 0 aliphatic heterocycles. The van der Waals surface area contributed by atoms with Crippen LogP contribution in [0.4, 0.5) is 0 Å². The maximum absolute atomic E-state index is 6.30. The van der Waals surface area contributed by atoms with E-state index in [2.05, 4.69) is 26.2 Å². The first-order valence-electron chi connectivity index (χ1n) is 10.4. The first kappa shape index (κ1) is 18.7. The molecule has 25 heavy (non-hydrogen) atoms. The van der Waals surface area contributed by atoms with Crippen LogP contribution in [-0.4, -0.2) is 24.2 Å². The zero-order valence-corrected chi connectivity index (χ0v) is 17.8. The monoisotopic (exact) mass is 382 g/mol. The van der Waals surface area contributed by atoms with E-state index in [9.17, 15) is 0 Å². The van der Waals surface area contributed by atoms with Gasteiger partial charge in [0.2, 0.25) is 0 Å². The summed E-state index contributed by atoms with van der Waals surface area (Å²) in [5.41, 5.74) is 2.66. The third-order valence-electron chi connectivity index (χ3n) is 8.71. The molecule has 0 bridgehead atoms. The minimum atomic E-state index is 0.432. The molecule has 4 rings (SSSR count). The first-order chi connectivity index (χ1) is 12.0. The van der Waals surface area contributed by atoms with E-state index in [-0.39, 0.29) is 0 Å². The fourth-order valence-electron chi connectivity index (χ4n) is 7.30. The lowest BCUT2D eigenvalue weighted by Gasteiger charge is -2.58. The number of halogens is 1. The normalized spacial score (nSPS) is 49.1. The van der Waals surface area contributed by atoms with Crippen molar-refractivity contribution in [2.45, 2.75) is 71.3 Å². The second-order valence-electron chi connectivity index (χ2n) is 9.66. The lowest BCUT2D eigenvalue weighted by atomic mass is 9.47. The molecule has 0 spiro atoms. The van der Waals surface area contributed by atoms with Crippen LogP contribution in [0.1, 0.15) is 65.2 Å². The van der Waals surface area contributed by atoms with Crippen LogP contribution in [0, 0.1) is 34.5 Å². The molecule has 0 radical (unpaired) electrons. The summed E-state index contributed by atoms with van der Waals surface area (Å²) in [6, 6.07) is 0. The van der Waals surface area contributed by atoms with Crippen molar-refractivity contribution < 1.29 is 4.74 Å². The van der Waals surface area contributed by atoms with Gasteiger partial charge in [0, 0.05) is 5.88 Å². The average molecular weight is 383 g/mol. The van der Waals surface area contributed by atoms with E-state index in [1.807, 2.05) is 11.8 Å². The summed E-state index contributed by atoms with van der Waals surface area (Å²) in [5, 5.41) is 0. The number of allylic oxidation sites excluding steroid dienone is 2. The number of alkyl halides is 1. The average Bonchev–Trinajstić information content (AvgIpc) is 2.95. The number of rotatable bonds is 4. The van der Waals surface area contributed by atoms with Gasteiger partial charge in [-0.25, -0.2) is 0 Å². The van der Waals surface area contributed by atoms with Crippen LogP contribution in [0.5, 0.6) is 0 Å². The van der Waals surface area contributed by atoms with Crippen molar-refractivity contribution in [3.63, 3.8) is 0 Å². The Morgan fingerprint density at radius 2 is 1.96 bits per heavy atom. The van der Waals surface area contributed by atoms with E-state index in [4.69, 9.17) is 16.3 Å². The summed E-state index contributed by atoms with van der Waals surface area (Å²) < 4.78 is 6.30. The maximum atomic E-state index is 6.30. The largest absolute Gasteiger partial charge is 0.367 e. The van der Waals surface area contributed by atoms with Gasteiger partial charge in [0.25, 0.3) is 0 Å². The molecule has 3 fully saturated rings. The van der Waals surface area contributed by atoms with Gasteiger partial charge in [-0.05, 0) is 92.1 Å². The fourth-order valence-corrected chi connectivity index (χ4v) is 7.84. The van der Waals surface area contributed by atoms with Gasteiger partial charge < -0.3 is 4.74 Å². The van der Waals surface area contributed by atoms with Crippen molar-refractivity contribution in [3.05, 3.63) is 11.6 Å². The Kier molecular flexibility index (Phi) is 5.28. The topological polar surface area (TPSA) is 9.23 Å². The Balaban J connectivity index is 1.56. The molecule has 0 saturated heterocycles. The van der Waals surface area contributed by atoms with Gasteiger partial charge in [-0.3, -0.25) is 0 Å². The molecular weight excluding hydrogens is 348 g/mol. The molecule has 0 aromatic carbocycles. The van der Waals surface area contributed by atoms with Crippen LogP contribution in [0.3, 0.4) is 0 Å². The van der Waals surface area contributed by atoms with Crippen LogP contribution in [-0.2, 0) is 4.74 Å². The van der Waals surface area contributed by atoms with Gasteiger partial charge in [0.05, 0.1) is 12.0 Å². The smallest absolute Gasteiger partial charge is 0.0922 e. The van der Waals surface area contributed by atoms with Crippen molar-refractivity contribution in [2.24, 2.45) is 34.5 Å². The van der Waals surface area contributed by atoms with Crippen LogP contribution in [0.2, 0.25) is 0 Å². The molecule has 7 atom stereocenters. The molecule has 0 amide bonds. The summed E-state index contributed by atoms with van der Waals surface area (Å²) in [6.45, 7) is 5.16. The van der Waals surface area contributed by atoms with E-state index in [0.717, 1.165) is 29.6 Å². The number of ether oxygens (including phenoxy) is 1. The molecule has 0 aromatic rings. The number of hydrogen-bond donors (Lipinski definition) is 0. The highest BCUT2D eigenvalue weighted by molar-refractivity contribution is 7.98. The molecular formula is C22H35ClOS. The highest BCUT2D eigenvalue weighted by Gasteiger charge is 2.59. The first-order valence-corrected chi connectivity index (χ1v) is 12.3. The van der Waals surface area contributed by atoms with Gasteiger partial charge in [0.15, 0.2) is 0 Å². The minimum Gasteiger partial charge on any atom is -0.367 e. The van der Waals surface area contributed by atoms with E-state index in [1.54, 1.807) is 5.57 Å². The molecule has 3 heteroatoms. The van der Waals surface area contributed by atoms with Gasteiger partial charge in [-0.1, -0.05) is 25.5 Å². The predicted molar refractivity (Wildman–Crippen MR) is 109 cm³/mol. The van der Waals surface area contributed by atoms with Crippen LogP contribution < -0.4 is 0 Å². The van der Waals surface area contributed by atoms with Crippen molar-refractivity contribution in [2.75, 3.05) is 18.1 Å². The highest BCUT2D eigenvalue weighted by atomic mass is 35.5. The number of thioether (sulfide) groups is 1. The zero-order valence-electron chi connectivity index (χ0n) is 16.2. The lowest BCUT2D eigenvalue weighted by Crippen LogP contribution is -2.51. The van der Waals surface area contributed by atoms with Gasteiger partial charge in [-0.2, -0.15) is 0 Å². The van der Waals surface area contributed by atoms with E-state index in [0.29, 0.717) is 22.9 Å². The molecule has 0 N–H and O–H groups in total. The molecule has 4 aliphatic rings. The van der Waals surface area contributed by atoms with E-state index < -0.39 is 0 Å². The SMILES string of the molecule is CSCO[C@@H]1CC[C@H]2[C@@H]3CCC4=CC(CCl)CC[C@]4(C)[C@H]3CC[C@]12C. The summed E-state index contributed by atoms with van der Waals surface area (Å²) in [6.07, 6.45) is 16.1. The summed E-state index contributed by atoms with van der Waals surface area (Å²) in [4.78, 5) is 0. The quantitative estimate of drug-likeness (QED) is 0.311. The summed E-state index contributed by atoms with van der Waals surface area (Å²) >= 11 is 8.01. The Bertz CT molecular complexity index is 534. The Morgan fingerprint density at radius 3 is 2.72 bits per heavy atom. The number of hydrogen-bond acceptors (Lipinski definition) is 2. The molecule has 3 saturated carbocycles. The van der Waals surface area contributed by atoms with Gasteiger partial charge in [-0.15, -0.1) is 23.4 Å². The standard InChI is InChI=1S/C22H35ClOS/c1-21-10-8-15(13-23)12-16(21)4-5-17-18-6-7-20(24-14-25-3)22(18,2)11-9-19(17)21/h12,15,17-20H,4-11,13-14H2,1-3H3/t15?,17-,18-,19-,20+,21-,22-/m0/s1. The zero-order chi connectivity index (χ0) is 17.7. The Morgan fingerprint density at radius 1 is 1.12 bits per heavy atom. The van der Waals surface area contributed by atoms with Gasteiger partial charge >= 0.3 is 0 Å². The molecule has 0 heterocycles. The fraction of sp³-hybridized carbons (Fsp3) is 0.909. The van der Waals surface area contributed by atoms with Crippen LogP contribution in [0.25, 0.3) is 0 Å². The number of fused-ring (bicyclic) bond motifs is 5. The Labute approximate surface area is 163 Å². The maximum Gasteiger partial charge on any atom is 0.0922 e. The van der Waals surface area contributed by atoms with Crippen molar-refractivity contribution in [1.82, 2.24) is 0 Å². The third-order valence-corrected chi connectivity index (χ3v) is 9.47. The van der Waals surface area contributed by atoms with Crippen molar-refractivity contribution in [3.8, 4) is 0 Å². The molecule has 4 aliphatic carbocycles. The molecule has 142 valence electrons. The summed E-state index contributed by atoms with van der Waals surface area (Å²) in [5.74, 6) is 5.03. The van der Waals surface area contributed by atoms with Crippen molar-refractivity contribution in [1.29, 1.82) is 0 Å². The highest BCUT2D eigenvalue weighted by Crippen LogP contribution is 2.66. The van der Waals surface area contributed by atoms with E-state index in [1.165, 1.54) is 51.4 Å².